The monoisotopic (exact) mass is 437 g/mol. The highest BCUT2D eigenvalue weighted by Gasteiger charge is 2.30. The molecule has 1 amide bonds. The van der Waals surface area contributed by atoms with E-state index in [9.17, 15) is 9.59 Å². The second kappa shape index (κ2) is 7.24. The van der Waals surface area contributed by atoms with Gasteiger partial charge >= 0.3 is 5.97 Å². The van der Waals surface area contributed by atoms with Crippen LogP contribution >= 0.6 is 43.2 Å². The average Bonchev–Trinajstić information content (AvgIpc) is 2.76. The highest BCUT2D eigenvalue weighted by atomic mass is 79.9. The summed E-state index contributed by atoms with van der Waals surface area (Å²) >= 11 is 8.30. The molecule has 1 aromatic rings. The van der Waals surface area contributed by atoms with Gasteiger partial charge in [0, 0.05) is 19.5 Å². The lowest BCUT2D eigenvalue weighted by Gasteiger charge is -2.35. The van der Waals surface area contributed by atoms with Gasteiger partial charge < -0.3 is 10.0 Å². The molecule has 21 heavy (non-hydrogen) atoms. The van der Waals surface area contributed by atoms with Crippen molar-refractivity contribution in [2.75, 3.05) is 13.1 Å². The maximum atomic E-state index is 12.6. The Hall–Kier alpha value is -0.400. The fourth-order valence-corrected chi connectivity index (χ4v) is 5.54. The molecule has 7 heteroatoms. The van der Waals surface area contributed by atoms with Gasteiger partial charge in [-0.25, -0.2) is 0 Å². The summed E-state index contributed by atoms with van der Waals surface area (Å²) in [6.07, 6.45) is 2.09. The van der Waals surface area contributed by atoms with Crippen LogP contribution in [0.1, 0.15) is 36.5 Å². The van der Waals surface area contributed by atoms with Crippen molar-refractivity contribution in [3.8, 4) is 0 Å². The molecule has 1 saturated heterocycles. The van der Waals surface area contributed by atoms with E-state index in [1.807, 2.05) is 17.9 Å². The second-order valence-electron chi connectivity index (χ2n) is 5.47. The van der Waals surface area contributed by atoms with E-state index in [2.05, 4.69) is 31.9 Å². The summed E-state index contributed by atoms with van der Waals surface area (Å²) in [5.74, 6) is -0.387. The molecule has 0 radical (unpaired) electrons. The first-order valence-electron chi connectivity index (χ1n) is 6.84. The summed E-state index contributed by atoms with van der Waals surface area (Å²) in [7, 11) is 0. The van der Waals surface area contributed by atoms with Gasteiger partial charge in [0.15, 0.2) is 0 Å². The van der Waals surface area contributed by atoms with Gasteiger partial charge in [-0.1, -0.05) is 6.92 Å². The molecule has 2 rings (SSSR count). The minimum Gasteiger partial charge on any atom is -0.481 e. The van der Waals surface area contributed by atoms with Crippen molar-refractivity contribution in [2.45, 2.75) is 26.2 Å². The number of nitrogens with zero attached hydrogens (tertiary/aromatic N) is 1. The van der Waals surface area contributed by atoms with Crippen LogP contribution in [-0.4, -0.2) is 35.0 Å². The van der Waals surface area contributed by atoms with Gasteiger partial charge in [-0.15, -0.1) is 11.3 Å². The number of thiophene rings is 1. The van der Waals surface area contributed by atoms with Gasteiger partial charge in [-0.05, 0) is 62.6 Å². The van der Waals surface area contributed by atoms with Crippen LogP contribution in [0.3, 0.4) is 0 Å². The molecule has 2 atom stereocenters. The van der Waals surface area contributed by atoms with Gasteiger partial charge in [0.1, 0.15) is 0 Å². The molecule has 4 nitrogen and oxygen atoms in total. The number of carboxylic acids is 1. The number of carboxylic acid groups (broad SMARTS) is 1. The number of aliphatic carboxylic acids is 1. The van der Waals surface area contributed by atoms with Crippen molar-refractivity contribution in [3.05, 3.63) is 19.2 Å². The number of likely N-dealkylation sites (tertiary alicyclic amines) is 1. The standard InChI is InChI=1S/C14H17Br2NO3S/c1-8(5-12(18)19)9-3-2-4-17(7-9)14(20)10-6-11(15)21-13(10)16/h6,8-9H,2-5,7H2,1H3,(H,18,19). The SMILES string of the molecule is CC(CC(=O)O)C1CCCN(C(=O)c2cc(Br)sc2Br)C1. The molecule has 1 aromatic heterocycles. The van der Waals surface area contributed by atoms with Crippen LogP contribution < -0.4 is 0 Å². The Morgan fingerprint density at radius 2 is 2.24 bits per heavy atom. The molecule has 0 aromatic carbocycles. The number of hydrogen-bond donors (Lipinski definition) is 1. The van der Waals surface area contributed by atoms with Crippen molar-refractivity contribution in [1.29, 1.82) is 0 Å². The molecule has 1 fully saturated rings. The van der Waals surface area contributed by atoms with Crippen LogP contribution in [0.2, 0.25) is 0 Å². The van der Waals surface area contributed by atoms with Crippen molar-refractivity contribution < 1.29 is 14.7 Å². The lowest BCUT2D eigenvalue weighted by atomic mass is 9.84. The Balaban J connectivity index is 2.05. The van der Waals surface area contributed by atoms with E-state index < -0.39 is 5.97 Å². The lowest BCUT2D eigenvalue weighted by molar-refractivity contribution is -0.138. The van der Waals surface area contributed by atoms with E-state index >= 15 is 0 Å². The molecule has 2 heterocycles. The zero-order valence-corrected chi connectivity index (χ0v) is 15.6. The lowest BCUT2D eigenvalue weighted by Crippen LogP contribution is -2.42. The van der Waals surface area contributed by atoms with Crippen LogP contribution in [0.5, 0.6) is 0 Å². The van der Waals surface area contributed by atoms with E-state index in [1.54, 1.807) is 0 Å². The largest absolute Gasteiger partial charge is 0.481 e. The maximum absolute atomic E-state index is 12.6. The van der Waals surface area contributed by atoms with E-state index in [0.717, 1.165) is 27.0 Å². The van der Waals surface area contributed by atoms with Crippen LogP contribution in [0.15, 0.2) is 13.6 Å². The molecule has 2 unspecified atom stereocenters. The van der Waals surface area contributed by atoms with Gasteiger partial charge in [0.05, 0.1) is 13.1 Å². The fraction of sp³-hybridized carbons (Fsp3) is 0.571. The third-order valence-electron chi connectivity index (χ3n) is 3.93. The van der Waals surface area contributed by atoms with Crippen LogP contribution in [0.25, 0.3) is 0 Å². The van der Waals surface area contributed by atoms with Crippen molar-refractivity contribution in [3.63, 3.8) is 0 Å². The van der Waals surface area contributed by atoms with Crippen molar-refractivity contribution >= 4 is 55.1 Å². The predicted octanol–water partition coefficient (Wildman–Crippen LogP) is 4.24. The third kappa shape index (κ3) is 4.29. The van der Waals surface area contributed by atoms with Gasteiger partial charge in [0.2, 0.25) is 0 Å². The Morgan fingerprint density at radius 1 is 1.52 bits per heavy atom. The van der Waals surface area contributed by atoms with Crippen LogP contribution in [-0.2, 0) is 4.79 Å². The number of halogens is 2. The summed E-state index contributed by atoms with van der Waals surface area (Å²) in [5.41, 5.74) is 0.679. The summed E-state index contributed by atoms with van der Waals surface area (Å²) in [6.45, 7) is 3.35. The Labute approximate surface area is 144 Å². The maximum Gasteiger partial charge on any atom is 0.303 e. The molecular weight excluding hydrogens is 422 g/mol. The van der Waals surface area contributed by atoms with E-state index in [0.29, 0.717) is 12.1 Å². The quantitative estimate of drug-likeness (QED) is 0.764. The molecule has 1 aliphatic heterocycles. The highest BCUT2D eigenvalue weighted by molar-refractivity contribution is 9.12. The van der Waals surface area contributed by atoms with Crippen molar-refractivity contribution in [2.24, 2.45) is 11.8 Å². The minimum atomic E-state index is -0.768. The summed E-state index contributed by atoms with van der Waals surface area (Å²) in [4.78, 5) is 25.3. The number of carbonyl (C=O) groups is 2. The second-order valence-corrected chi connectivity index (χ2v) is 9.22. The number of amides is 1. The molecule has 0 aliphatic carbocycles. The molecular formula is C14H17Br2NO3S. The molecule has 116 valence electrons. The highest BCUT2D eigenvalue weighted by Crippen LogP contribution is 2.34. The zero-order chi connectivity index (χ0) is 15.6. The van der Waals surface area contributed by atoms with Crippen LogP contribution in [0.4, 0.5) is 0 Å². The van der Waals surface area contributed by atoms with Crippen LogP contribution in [0, 0.1) is 11.8 Å². The summed E-state index contributed by atoms with van der Waals surface area (Å²) in [6, 6.07) is 1.83. The van der Waals surface area contributed by atoms with Gasteiger partial charge in [0.25, 0.3) is 5.91 Å². The number of rotatable bonds is 4. The Morgan fingerprint density at radius 3 is 2.81 bits per heavy atom. The first-order chi connectivity index (χ1) is 9.88. The molecule has 0 saturated carbocycles. The first kappa shape index (κ1) is 17.0. The molecule has 0 bridgehead atoms. The van der Waals surface area contributed by atoms with Gasteiger partial charge in [-0.2, -0.15) is 0 Å². The Kier molecular flexibility index (Phi) is 5.85. The summed E-state index contributed by atoms with van der Waals surface area (Å²) < 4.78 is 1.76. The number of piperidine rings is 1. The van der Waals surface area contributed by atoms with E-state index in [-0.39, 0.29) is 24.2 Å². The van der Waals surface area contributed by atoms with E-state index in [1.165, 1.54) is 11.3 Å². The number of hydrogen-bond acceptors (Lipinski definition) is 3. The van der Waals surface area contributed by atoms with E-state index in [4.69, 9.17) is 5.11 Å². The van der Waals surface area contributed by atoms with Crippen molar-refractivity contribution in [1.82, 2.24) is 4.90 Å². The summed E-state index contributed by atoms with van der Waals surface area (Å²) in [5, 5.41) is 8.92. The predicted molar refractivity (Wildman–Crippen MR) is 89.8 cm³/mol. The molecule has 1 N–H and O–H groups in total. The number of carbonyl (C=O) groups excluding carboxylic acids is 1. The Bertz CT molecular complexity index is 546. The minimum absolute atomic E-state index is 0.0241. The topological polar surface area (TPSA) is 57.6 Å². The normalized spacial score (nSPS) is 20.3. The zero-order valence-electron chi connectivity index (χ0n) is 11.6. The first-order valence-corrected chi connectivity index (χ1v) is 9.24. The third-order valence-corrected chi connectivity index (χ3v) is 6.27. The average molecular weight is 439 g/mol. The fourth-order valence-electron chi connectivity index (χ4n) is 2.76. The van der Waals surface area contributed by atoms with Gasteiger partial charge in [-0.3, -0.25) is 9.59 Å². The smallest absolute Gasteiger partial charge is 0.303 e. The molecule has 0 spiro atoms. The molecule has 1 aliphatic rings.